The lowest BCUT2D eigenvalue weighted by atomic mass is 10.1. The highest BCUT2D eigenvalue weighted by Gasteiger charge is 2.15. The van der Waals surface area contributed by atoms with Crippen LogP contribution in [-0.2, 0) is 11.3 Å². The van der Waals surface area contributed by atoms with Gasteiger partial charge in [-0.3, -0.25) is 14.0 Å². The van der Waals surface area contributed by atoms with Gasteiger partial charge in [0.15, 0.2) is 0 Å². The summed E-state index contributed by atoms with van der Waals surface area (Å²) in [5, 5.41) is 8.29. The molecular formula is C22H22N4O2. The Labute approximate surface area is 162 Å². The van der Waals surface area contributed by atoms with Gasteiger partial charge in [0, 0.05) is 5.39 Å². The Morgan fingerprint density at radius 3 is 2.57 bits per heavy atom. The molecule has 0 fully saturated rings. The lowest BCUT2D eigenvalue weighted by molar-refractivity contribution is -0.122. The second-order valence-corrected chi connectivity index (χ2v) is 7.14. The maximum atomic E-state index is 12.9. The van der Waals surface area contributed by atoms with Crippen molar-refractivity contribution in [3.05, 3.63) is 81.9 Å². The number of hydrogen-bond donors (Lipinski definition) is 1. The van der Waals surface area contributed by atoms with E-state index in [9.17, 15) is 9.59 Å². The van der Waals surface area contributed by atoms with Crippen LogP contribution in [-0.4, -0.2) is 20.1 Å². The second kappa shape index (κ2) is 6.96. The van der Waals surface area contributed by atoms with Gasteiger partial charge in [-0.05, 0) is 44.5 Å². The summed E-state index contributed by atoms with van der Waals surface area (Å²) in [5.74, 6) is 0.416. The van der Waals surface area contributed by atoms with E-state index in [1.54, 1.807) is 0 Å². The van der Waals surface area contributed by atoms with Gasteiger partial charge in [-0.15, -0.1) is 0 Å². The summed E-state index contributed by atoms with van der Waals surface area (Å²) in [7, 11) is 0. The van der Waals surface area contributed by atoms with Crippen molar-refractivity contribution >= 4 is 22.3 Å². The van der Waals surface area contributed by atoms with E-state index in [1.165, 1.54) is 4.68 Å². The summed E-state index contributed by atoms with van der Waals surface area (Å²) in [4.78, 5) is 25.4. The largest absolute Gasteiger partial charge is 0.348 e. The van der Waals surface area contributed by atoms with Crippen LogP contribution in [0.4, 0.5) is 0 Å². The molecule has 4 aromatic rings. The minimum Gasteiger partial charge on any atom is -0.348 e. The van der Waals surface area contributed by atoms with Crippen molar-refractivity contribution in [1.82, 2.24) is 19.5 Å². The van der Waals surface area contributed by atoms with Crippen molar-refractivity contribution < 1.29 is 4.79 Å². The quantitative estimate of drug-likeness (QED) is 0.597. The van der Waals surface area contributed by atoms with Crippen LogP contribution in [0.2, 0.25) is 0 Å². The number of carbonyl (C=O) groups excluding carboxylic acids is 1. The molecule has 0 spiro atoms. The number of fused-ring (bicyclic) bond motifs is 3. The zero-order valence-corrected chi connectivity index (χ0v) is 16.1. The monoisotopic (exact) mass is 374 g/mol. The van der Waals surface area contributed by atoms with E-state index >= 15 is 0 Å². The molecule has 0 saturated carbocycles. The maximum absolute atomic E-state index is 12.9. The van der Waals surface area contributed by atoms with E-state index in [4.69, 9.17) is 0 Å². The summed E-state index contributed by atoms with van der Waals surface area (Å²) >= 11 is 0. The molecule has 1 N–H and O–H groups in total. The van der Waals surface area contributed by atoms with E-state index in [2.05, 4.69) is 10.4 Å². The van der Waals surface area contributed by atoms with Crippen LogP contribution < -0.4 is 10.9 Å². The van der Waals surface area contributed by atoms with Crippen LogP contribution in [0, 0.1) is 13.8 Å². The summed E-state index contributed by atoms with van der Waals surface area (Å²) in [6.07, 6.45) is 0. The zero-order valence-electron chi connectivity index (χ0n) is 16.1. The highest BCUT2D eigenvalue weighted by Crippen LogP contribution is 2.20. The molecule has 142 valence electrons. The molecule has 0 bridgehead atoms. The van der Waals surface area contributed by atoms with Gasteiger partial charge in [-0.1, -0.05) is 42.0 Å². The van der Waals surface area contributed by atoms with Crippen molar-refractivity contribution in [1.29, 1.82) is 0 Å². The van der Waals surface area contributed by atoms with Crippen molar-refractivity contribution in [2.24, 2.45) is 0 Å². The van der Waals surface area contributed by atoms with Crippen molar-refractivity contribution in [2.45, 2.75) is 33.4 Å². The molecule has 6 heteroatoms. The van der Waals surface area contributed by atoms with Crippen LogP contribution in [0.15, 0.2) is 59.4 Å². The molecule has 28 heavy (non-hydrogen) atoms. The molecule has 0 radical (unpaired) electrons. The first-order chi connectivity index (χ1) is 13.4. The Morgan fingerprint density at radius 1 is 1.07 bits per heavy atom. The molecular weight excluding hydrogens is 352 g/mol. The van der Waals surface area contributed by atoms with Gasteiger partial charge < -0.3 is 5.32 Å². The van der Waals surface area contributed by atoms with Gasteiger partial charge in [0.2, 0.25) is 5.91 Å². The summed E-state index contributed by atoms with van der Waals surface area (Å²) in [6.45, 7) is 5.66. The fourth-order valence-electron chi connectivity index (χ4n) is 3.59. The predicted molar refractivity (Wildman–Crippen MR) is 109 cm³/mol. The number of amides is 1. The SMILES string of the molecule is Cc1ccc2c(c1)cc1c(=O)n(CC(=O)N[C@@H](C)c3ccccc3)nc(C)n12. The lowest BCUT2D eigenvalue weighted by Gasteiger charge is -2.15. The zero-order chi connectivity index (χ0) is 19.8. The van der Waals surface area contributed by atoms with Gasteiger partial charge in [-0.25, -0.2) is 4.68 Å². The standard InChI is InChI=1S/C22H22N4O2/c1-14-9-10-19-18(11-14)12-20-22(28)25(24-16(3)26(19)20)13-21(27)23-15(2)17-7-5-4-6-8-17/h4-12,15H,13H2,1-3H3,(H,23,27)/t15-/m0/s1. The van der Waals surface area contributed by atoms with Crippen LogP contribution >= 0.6 is 0 Å². The number of carbonyl (C=O) groups is 1. The van der Waals surface area contributed by atoms with E-state index in [0.717, 1.165) is 22.0 Å². The van der Waals surface area contributed by atoms with Crippen molar-refractivity contribution in [3.8, 4) is 0 Å². The molecule has 6 nitrogen and oxygen atoms in total. The first kappa shape index (κ1) is 18.0. The van der Waals surface area contributed by atoms with Crippen LogP contribution in [0.5, 0.6) is 0 Å². The third-order valence-electron chi connectivity index (χ3n) is 4.97. The third kappa shape index (κ3) is 3.17. The minimum atomic E-state index is -0.276. The van der Waals surface area contributed by atoms with Gasteiger partial charge in [0.25, 0.3) is 5.56 Å². The van der Waals surface area contributed by atoms with E-state index in [-0.39, 0.29) is 24.1 Å². The molecule has 0 aliphatic carbocycles. The van der Waals surface area contributed by atoms with Crippen LogP contribution in [0.25, 0.3) is 16.4 Å². The Hall–Kier alpha value is -3.41. The first-order valence-electron chi connectivity index (χ1n) is 9.28. The van der Waals surface area contributed by atoms with E-state index < -0.39 is 0 Å². The number of nitrogens with zero attached hydrogens (tertiary/aromatic N) is 3. The topological polar surface area (TPSA) is 68.4 Å². The summed E-state index contributed by atoms with van der Waals surface area (Å²) < 4.78 is 3.08. The molecule has 0 saturated heterocycles. The Balaban J connectivity index is 1.66. The van der Waals surface area contributed by atoms with E-state index in [1.807, 2.05) is 79.8 Å². The number of hydrogen-bond acceptors (Lipinski definition) is 3. The number of aromatic nitrogens is 3. The van der Waals surface area contributed by atoms with Gasteiger partial charge in [0.1, 0.15) is 17.9 Å². The van der Waals surface area contributed by atoms with E-state index in [0.29, 0.717) is 11.3 Å². The highest BCUT2D eigenvalue weighted by atomic mass is 16.2. The highest BCUT2D eigenvalue weighted by molar-refractivity contribution is 5.87. The smallest absolute Gasteiger partial charge is 0.291 e. The number of aryl methyl sites for hydroxylation is 2. The number of nitrogens with one attached hydrogen (secondary N) is 1. The molecule has 4 rings (SSSR count). The lowest BCUT2D eigenvalue weighted by Crippen LogP contribution is -2.36. The fraction of sp³-hybridized carbons (Fsp3) is 0.227. The summed E-state index contributed by atoms with van der Waals surface area (Å²) in [5.41, 5.74) is 3.33. The predicted octanol–water partition coefficient (Wildman–Crippen LogP) is 3.14. The van der Waals surface area contributed by atoms with Gasteiger partial charge in [0.05, 0.1) is 11.6 Å². The molecule has 2 aromatic carbocycles. The van der Waals surface area contributed by atoms with Crippen LogP contribution in [0.1, 0.15) is 29.9 Å². The normalized spacial score (nSPS) is 12.4. The average molecular weight is 374 g/mol. The molecule has 2 heterocycles. The first-order valence-corrected chi connectivity index (χ1v) is 9.28. The van der Waals surface area contributed by atoms with Crippen molar-refractivity contribution in [2.75, 3.05) is 0 Å². The van der Waals surface area contributed by atoms with Crippen LogP contribution in [0.3, 0.4) is 0 Å². The Bertz CT molecular complexity index is 1240. The Morgan fingerprint density at radius 2 is 1.82 bits per heavy atom. The fourth-order valence-corrected chi connectivity index (χ4v) is 3.59. The molecule has 2 aromatic heterocycles. The molecule has 0 aliphatic rings. The summed E-state index contributed by atoms with van der Waals surface area (Å²) in [6, 6.07) is 17.5. The third-order valence-corrected chi connectivity index (χ3v) is 4.97. The molecule has 0 unspecified atom stereocenters. The molecule has 0 aliphatic heterocycles. The maximum Gasteiger partial charge on any atom is 0.291 e. The molecule has 1 atom stereocenters. The minimum absolute atomic E-state index is 0.117. The van der Waals surface area contributed by atoms with Gasteiger partial charge >= 0.3 is 0 Å². The van der Waals surface area contributed by atoms with Crippen molar-refractivity contribution in [3.63, 3.8) is 0 Å². The number of rotatable bonds is 4. The van der Waals surface area contributed by atoms with Gasteiger partial charge in [-0.2, -0.15) is 5.10 Å². The average Bonchev–Trinajstić information content (AvgIpc) is 3.05. The second-order valence-electron chi connectivity index (χ2n) is 7.14. The number of benzene rings is 2. The molecule has 1 amide bonds. The Kier molecular flexibility index (Phi) is 4.47.